The van der Waals surface area contributed by atoms with Crippen LogP contribution in [0.4, 0.5) is 8.78 Å². The molecule has 88 valence electrons. The van der Waals surface area contributed by atoms with Crippen LogP contribution in [-0.2, 0) is 6.42 Å². The Hall–Kier alpha value is -0.610. The first kappa shape index (κ1) is 11.9. The van der Waals surface area contributed by atoms with Gasteiger partial charge in [-0.25, -0.2) is 8.78 Å². The Balaban J connectivity index is 2.24. The molecular formula is C12H14F2OS. The first-order valence-electron chi connectivity index (χ1n) is 5.30. The van der Waals surface area contributed by atoms with E-state index in [1.54, 1.807) is 11.8 Å². The van der Waals surface area contributed by atoms with Gasteiger partial charge in [0.1, 0.15) is 0 Å². The van der Waals surface area contributed by atoms with Gasteiger partial charge >= 0.3 is 0 Å². The first-order chi connectivity index (χ1) is 7.53. The van der Waals surface area contributed by atoms with E-state index in [0.717, 1.165) is 11.8 Å². The lowest BCUT2D eigenvalue weighted by Crippen LogP contribution is -2.37. The summed E-state index contributed by atoms with van der Waals surface area (Å²) in [6.07, 6.45) is 0.819. The Morgan fingerprint density at radius 2 is 2.25 bits per heavy atom. The number of aliphatic hydroxyl groups is 1. The molecule has 4 heteroatoms. The summed E-state index contributed by atoms with van der Waals surface area (Å²) in [5.74, 6) is -0.811. The lowest BCUT2D eigenvalue weighted by molar-refractivity contribution is 0.0454. The van der Waals surface area contributed by atoms with Crippen molar-refractivity contribution in [3.8, 4) is 0 Å². The van der Waals surface area contributed by atoms with Gasteiger partial charge in [0.05, 0.1) is 5.60 Å². The maximum Gasteiger partial charge on any atom is 0.162 e. The average molecular weight is 244 g/mol. The van der Waals surface area contributed by atoms with Gasteiger partial charge in [0, 0.05) is 11.7 Å². The molecule has 1 heterocycles. The fourth-order valence-electron chi connectivity index (χ4n) is 2.02. The molecule has 1 aliphatic heterocycles. The van der Waals surface area contributed by atoms with Crippen molar-refractivity contribution in [3.05, 3.63) is 35.4 Å². The van der Waals surface area contributed by atoms with Crippen LogP contribution in [0.5, 0.6) is 0 Å². The van der Waals surface area contributed by atoms with Crippen molar-refractivity contribution >= 4 is 11.8 Å². The normalized spacial score (nSPS) is 29.6. The van der Waals surface area contributed by atoms with E-state index in [-0.39, 0.29) is 17.2 Å². The van der Waals surface area contributed by atoms with Crippen molar-refractivity contribution in [2.24, 2.45) is 0 Å². The molecule has 0 aromatic heterocycles. The predicted molar refractivity (Wildman–Crippen MR) is 61.5 cm³/mol. The van der Waals surface area contributed by atoms with Gasteiger partial charge in [0.2, 0.25) is 0 Å². The van der Waals surface area contributed by atoms with E-state index in [9.17, 15) is 13.9 Å². The summed E-state index contributed by atoms with van der Waals surface area (Å²) in [6.45, 7) is 1.93. The molecule has 0 radical (unpaired) electrons. The number of thioether (sulfide) groups is 1. The minimum atomic E-state index is -0.903. The molecule has 1 aromatic rings. The largest absolute Gasteiger partial charge is 0.388 e. The lowest BCUT2D eigenvalue weighted by Gasteiger charge is -2.27. The summed E-state index contributed by atoms with van der Waals surface area (Å²) < 4.78 is 26.5. The minimum Gasteiger partial charge on any atom is -0.388 e. The number of hydrogen-bond donors (Lipinski definition) is 1. The summed E-state index contributed by atoms with van der Waals surface area (Å²) in [7, 11) is 0. The van der Waals surface area contributed by atoms with E-state index in [1.165, 1.54) is 12.1 Å². The van der Waals surface area contributed by atoms with E-state index in [4.69, 9.17) is 0 Å². The molecule has 1 aromatic carbocycles. The fraction of sp³-hybridized carbons (Fsp3) is 0.500. The average Bonchev–Trinajstić information content (AvgIpc) is 2.55. The van der Waals surface area contributed by atoms with Crippen molar-refractivity contribution in [2.45, 2.75) is 30.6 Å². The molecule has 0 spiro atoms. The highest BCUT2D eigenvalue weighted by atomic mass is 32.2. The zero-order valence-electron chi connectivity index (χ0n) is 9.04. The third-order valence-corrected chi connectivity index (χ3v) is 4.57. The second kappa shape index (κ2) is 4.34. The molecule has 2 rings (SSSR count). The third-order valence-electron chi connectivity index (χ3n) is 3.19. The third kappa shape index (κ3) is 2.09. The molecule has 1 saturated heterocycles. The minimum absolute atomic E-state index is 0.0650. The van der Waals surface area contributed by atoms with Crippen molar-refractivity contribution in [1.82, 2.24) is 0 Å². The van der Waals surface area contributed by atoms with E-state index >= 15 is 0 Å². The van der Waals surface area contributed by atoms with Crippen molar-refractivity contribution < 1.29 is 13.9 Å². The standard InChI is InChI=1S/C12H14F2OS/c1-8-12(15,5-6-16-8)7-9-3-2-4-10(13)11(9)14/h2-4,8,15H,5-7H2,1H3. The Labute approximate surface area is 97.9 Å². The number of hydrogen-bond acceptors (Lipinski definition) is 2. The van der Waals surface area contributed by atoms with Crippen molar-refractivity contribution in [1.29, 1.82) is 0 Å². The second-order valence-electron chi connectivity index (χ2n) is 4.26. The van der Waals surface area contributed by atoms with Gasteiger partial charge in [-0.05, 0) is 23.8 Å². The first-order valence-corrected chi connectivity index (χ1v) is 6.35. The van der Waals surface area contributed by atoms with Crippen LogP contribution in [0.15, 0.2) is 18.2 Å². The molecule has 1 N–H and O–H groups in total. The summed E-state index contributed by atoms with van der Waals surface area (Å²) in [6, 6.07) is 4.10. The highest BCUT2D eigenvalue weighted by Gasteiger charge is 2.39. The van der Waals surface area contributed by atoms with Crippen LogP contribution in [-0.4, -0.2) is 21.7 Å². The SMILES string of the molecule is CC1SCCC1(O)Cc1cccc(F)c1F. The van der Waals surface area contributed by atoms with Crippen LogP contribution < -0.4 is 0 Å². The van der Waals surface area contributed by atoms with E-state index in [1.807, 2.05) is 6.92 Å². The van der Waals surface area contributed by atoms with Gasteiger partial charge in [-0.1, -0.05) is 19.1 Å². The van der Waals surface area contributed by atoms with Gasteiger partial charge in [-0.2, -0.15) is 11.8 Å². The molecule has 0 saturated carbocycles. The fourth-order valence-corrected chi connectivity index (χ4v) is 3.35. The van der Waals surface area contributed by atoms with Crippen LogP contribution in [0.2, 0.25) is 0 Å². The van der Waals surface area contributed by atoms with Crippen molar-refractivity contribution in [3.63, 3.8) is 0 Å². The number of benzene rings is 1. The Morgan fingerprint density at radius 3 is 2.88 bits per heavy atom. The highest BCUT2D eigenvalue weighted by Crippen LogP contribution is 2.38. The molecule has 16 heavy (non-hydrogen) atoms. The number of halogens is 2. The van der Waals surface area contributed by atoms with Gasteiger partial charge in [0.25, 0.3) is 0 Å². The Kier molecular flexibility index (Phi) is 3.22. The molecule has 1 fully saturated rings. The zero-order valence-corrected chi connectivity index (χ0v) is 9.86. The van der Waals surface area contributed by atoms with Crippen LogP contribution >= 0.6 is 11.8 Å². The quantitative estimate of drug-likeness (QED) is 0.863. The topological polar surface area (TPSA) is 20.2 Å². The maximum absolute atomic E-state index is 13.5. The van der Waals surface area contributed by atoms with Crippen LogP contribution in [0.25, 0.3) is 0 Å². The highest BCUT2D eigenvalue weighted by molar-refractivity contribution is 8.00. The molecule has 0 amide bonds. The van der Waals surface area contributed by atoms with Gasteiger partial charge in [0.15, 0.2) is 11.6 Å². The summed E-state index contributed by atoms with van der Waals surface area (Å²) in [5.41, 5.74) is -0.642. The zero-order chi connectivity index (χ0) is 11.8. The molecule has 1 aliphatic rings. The summed E-state index contributed by atoms with van der Waals surface area (Å²) in [4.78, 5) is 0. The van der Waals surface area contributed by atoms with Crippen LogP contribution in [0.1, 0.15) is 18.9 Å². The monoisotopic (exact) mass is 244 g/mol. The van der Waals surface area contributed by atoms with Crippen molar-refractivity contribution in [2.75, 3.05) is 5.75 Å². The molecule has 2 unspecified atom stereocenters. The van der Waals surface area contributed by atoms with Crippen LogP contribution in [0.3, 0.4) is 0 Å². The van der Waals surface area contributed by atoms with E-state index in [2.05, 4.69) is 0 Å². The van der Waals surface area contributed by atoms with Gasteiger partial charge in [-0.15, -0.1) is 0 Å². The molecule has 0 aliphatic carbocycles. The van der Waals surface area contributed by atoms with Gasteiger partial charge < -0.3 is 5.11 Å². The van der Waals surface area contributed by atoms with E-state index < -0.39 is 17.2 Å². The smallest absolute Gasteiger partial charge is 0.162 e. The molecule has 2 atom stereocenters. The molecule has 0 bridgehead atoms. The maximum atomic E-state index is 13.5. The molecular weight excluding hydrogens is 230 g/mol. The van der Waals surface area contributed by atoms with Gasteiger partial charge in [-0.3, -0.25) is 0 Å². The molecule has 1 nitrogen and oxygen atoms in total. The predicted octanol–water partition coefficient (Wildman–Crippen LogP) is 2.76. The Bertz CT molecular complexity index is 397. The van der Waals surface area contributed by atoms with E-state index in [0.29, 0.717) is 6.42 Å². The summed E-state index contributed by atoms with van der Waals surface area (Å²) in [5, 5.41) is 10.4. The second-order valence-corrected chi connectivity index (χ2v) is 5.71. The lowest BCUT2D eigenvalue weighted by atomic mass is 9.89. The Morgan fingerprint density at radius 1 is 1.50 bits per heavy atom. The number of rotatable bonds is 2. The summed E-state index contributed by atoms with van der Waals surface area (Å²) >= 11 is 1.67. The van der Waals surface area contributed by atoms with Crippen LogP contribution in [0, 0.1) is 11.6 Å².